The lowest BCUT2D eigenvalue weighted by Crippen LogP contribution is -2.13. The second kappa shape index (κ2) is 4.61. The van der Waals surface area contributed by atoms with Crippen molar-refractivity contribution in [1.29, 1.82) is 0 Å². The Morgan fingerprint density at radius 3 is 2.59 bits per heavy atom. The maximum atomic E-state index is 10.8. The lowest BCUT2D eigenvalue weighted by Gasteiger charge is -2.17. The Balaban J connectivity index is 2.34. The number of carboxylic acids is 1. The highest BCUT2D eigenvalue weighted by atomic mass is 16.4. The van der Waals surface area contributed by atoms with Gasteiger partial charge in [0.1, 0.15) is 0 Å². The van der Waals surface area contributed by atoms with Crippen LogP contribution in [-0.2, 0) is 0 Å². The normalized spacial score (nSPS) is 9.94. The van der Waals surface area contributed by atoms with E-state index in [1.165, 1.54) is 12.4 Å². The summed E-state index contributed by atoms with van der Waals surface area (Å²) in [5.41, 5.74) is 0.856. The van der Waals surface area contributed by atoms with Gasteiger partial charge in [-0.25, -0.2) is 9.78 Å². The lowest BCUT2D eigenvalue weighted by atomic mass is 10.3. The number of nitrogens with zero attached hydrogens (tertiary/aromatic N) is 3. The molecule has 0 aliphatic heterocycles. The number of hydrogen-bond acceptors (Lipinski definition) is 4. The van der Waals surface area contributed by atoms with Crippen LogP contribution in [0.3, 0.4) is 0 Å². The van der Waals surface area contributed by atoms with Crippen molar-refractivity contribution < 1.29 is 9.90 Å². The van der Waals surface area contributed by atoms with Crippen LogP contribution in [0.5, 0.6) is 0 Å². The summed E-state index contributed by atoms with van der Waals surface area (Å²) in [6.45, 7) is 0. The molecule has 0 saturated heterocycles. The zero-order valence-corrected chi connectivity index (χ0v) is 9.24. The molecule has 1 N–H and O–H groups in total. The Labute approximate surface area is 98.4 Å². The number of hydrogen-bond donors (Lipinski definition) is 1. The molecule has 1 aromatic heterocycles. The summed E-state index contributed by atoms with van der Waals surface area (Å²) in [6, 6.07) is 9.54. The monoisotopic (exact) mass is 229 g/mol. The van der Waals surface area contributed by atoms with Crippen LogP contribution in [0.1, 0.15) is 10.5 Å². The summed E-state index contributed by atoms with van der Waals surface area (Å²) in [7, 11) is 1.81. The van der Waals surface area contributed by atoms with E-state index >= 15 is 0 Å². The smallest absolute Gasteiger partial charge is 0.356 e. The largest absolute Gasteiger partial charge is 0.476 e. The maximum absolute atomic E-state index is 10.8. The van der Waals surface area contributed by atoms with Crippen molar-refractivity contribution in [2.24, 2.45) is 0 Å². The van der Waals surface area contributed by atoms with E-state index in [1.54, 1.807) is 4.90 Å². The first kappa shape index (κ1) is 11.1. The molecule has 5 nitrogen and oxygen atoms in total. The average Bonchev–Trinajstić information content (AvgIpc) is 2.39. The number of rotatable bonds is 3. The molecule has 86 valence electrons. The van der Waals surface area contributed by atoms with Crippen LogP contribution in [0, 0.1) is 0 Å². The minimum Gasteiger partial charge on any atom is -0.476 e. The van der Waals surface area contributed by atoms with Gasteiger partial charge in [-0.15, -0.1) is 0 Å². The summed E-state index contributed by atoms with van der Waals surface area (Å²) in [5, 5.41) is 8.84. The van der Waals surface area contributed by atoms with E-state index in [2.05, 4.69) is 9.97 Å². The Morgan fingerprint density at radius 2 is 1.94 bits per heavy atom. The first-order valence-corrected chi connectivity index (χ1v) is 5.02. The molecule has 0 bridgehead atoms. The van der Waals surface area contributed by atoms with E-state index in [0.29, 0.717) is 5.82 Å². The fraction of sp³-hybridized carbons (Fsp3) is 0.0833. The standard InChI is InChI=1S/C12H11N3O2/c1-15(9-5-3-2-4-6-9)11-8-13-7-10(14-11)12(16)17/h2-8H,1H3,(H,16,17). The molecule has 5 heteroatoms. The second-order valence-corrected chi connectivity index (χ2v) is 3.46. The number of carboxylic acid groups (broad SMARTS) is 1. The van der Waals surface area contributed by atoms with Gasteiger partial charge >= 0.3 is 5.97 Å². The van der Waals surface area contributed by atoms with Gasteiger partial charge in [0.2, 0.25) is 0 Å². The van der Waals surface area contributed by atoms with Crippen LogP contribution in [0.2, 0.25) is 0 Å². The number of anilines is 2. The number of carbonyl (C=O) groups is 1. The van der Waals surface area contributed by atoms with Crippen molar-refractivity contribution in [3.8, 4) is 0 Å². The zero-order valence-electron chi connectivity index (χ0n) is 9.24. The third kappa shape index (κ3) is 2.39. The molecule has 1 heterocycles. The summed E-state index contributed by atoms with van der Waals surface area (Å²) < 4.78 is 0. The van der Waals surface area contributed by atoms with Gasteiger partial charge in [0.25, 0.3) is 0 Å². The highest BCUT2D eigenvalue weighted by molar-refractivity contribution is 5.85. The first-order chi connectivity index (χ1) is 8.18. The van der Waals surface area contributed by atoms with E-state index in [0.717, 1.165) is 5.69 Å². The molecule has 0 saturated carbocycles. The van der Waals surface area contributed by atoms with E-state index < -0.39 is 5.97 Å². The van der Waals surface area contributed by atoms with Crippen LogP contribution in [0.25, 0.3) is 0 Å². The van der Waals surface area contributed by atoms with E-state index in [1.807, 2.05) is 37.4 Å². The fourth-order valence-corrected chi connectivity index (χ4v) is 1.40. The van der Waals surface area contributed by atoms with Crippen molar-refractivity contribution in [3.63, 3.8) is 0 Å². The van der Waals surface area contributed by atoms with Crippen molar-refractivity contribution in [1.82, 2.24) is 9.97 Å². The molecule has 0 atom stereocenters. The van der Waals surface area contributed by atoms with E-state index in [4.69, 9.17) is 5.11 Å². The Bertz CT molecular complexity index is 528. The summed E-state index contributed by atoms with van der Waals surface area (Å²) in [5.74, 6) is -0.586. The molecule has 1 aromatic carbocycles. The first-order valence-electron chi connectivity index (χ1n) is 5.02. The van der Waals surface area contributed by atoms with Crippen LogP contribution < -0.4 is 4.90 Å². The average molecular weight is 229 g/mol. The Morgan fingerprint density at radius 1 is 1.24 bits per heavy atom. The van der Waals surface area contributed by atoms with Crippen molar-refractivity contribution in [2.45, 2.75) is 0 Å². The summed E-state index contributed by atoms with van der Waals surface area (Å²) in [4.78, 5) is 20.4. The van der Waals surface area contributed by atoms with Gasteiger partial charge in [-0.3, -0.25) is 4.98 Å². The lowest BCUT2D eigenvalue weighted by molar-refractivity contribution is 0.0690. The molecule has 2 rings (SSSR count). The van der Waals surface area contributed by atoms with Crippen LogP contribution in [0.15, 0.2) is 42.7 Å². The van der Waals surface area contributed by atoms with Crippen molar-refractivity contribution in [2.75, 3.05) is 11.9 Å². The number of para-hydroxylation sites is 1. The van der Waals surface area contributed by atoms with Crippen LogP contribution in [-0.4, -0.2) is 28.1 Å². The summed E-state index contributed by atoms with van der Waals surface area (Å²) >= 11 is 0. The number of aromatic nitrogens is 2. The predicted molar refractivity (Wildman–Crippen MR) is 63.5 cm³/mol. The van der Waals surface area contributed by atoms with Gasteiger partial charge in [0, 0.05) is 12.7 Å². The molecule has 0 unspecified atom stereocenters. The topological polar surface area (TPSA) is 66.3 Å². The van der Waals surface area contributed by atoms with Crippen molar-refractivity contribution >= 4 is 17.5 Å². The van der Waals surface area contributed by atoms with Crippen LogP contribution in [0.4, 0.5) is 11.5 Å². The van der Waals surface area contributed by atoms with Crippen molar-refractivity contribution in [3.05, 3.63) is 48.4 Å². The van der Waals surface area contributed by atoms with E-state index in [9.17, 15) is 4.79 Å². The highest BCUT2D eigenvalue weighted by Crippen LogP contribution is 2.20. The molecular formula is C12H11N3O2. The van der Waals surface area contributed by atoms with Crippen LogP contribution >= 0.6 is 0 Å². The van der Waals surface area contributed by atoms with Gasteiger partial charge in [0.05, 0.1) is 12.4 Å². The van der Waals surface area contributed by atoms with Gasteiger partial charge in [-0.2, -0.15) is 0 Å². The number of aromatic carboxylic acids is 1. The second-order valence-electron chi connectivity index (χ2n) is 3.46. The van der Waals surface area contributed by atoms with E-state index in [-0.39, 0.29) is 5.69 Å². The van der Waals surface area contributed by atoms with Gasteiger partial charge in [-0.1, -0.05) is 18.2 Å². The molecule has 0 amide bonds. The minimum atomic E-state index is -1.08. The molecule has 0 radical (unpaired) electrons. The highest BCUT2D eigenvalue weighted by Gasteiger charge is 2.09. The quantitative estimate of drug-likeness (QED) is 0.871. The maximum Gasteiger partial charge on any atom is 0.356 e. The fourth-order valence-electron chi connectivity index (χ4n) is 1.40. The Hall–Kier alpha value is -2.43. The molecule has 0 aliphatic carbocycles. The minimum absolute atomic E-state index is 0.0646. The van der Waals surface area contributed by atoms with Gasteiger partial charge < -0.3 is 10.0 Å². The number of benzene rings is 1. The molecule has 17 heavy (non-hydrogen) atoms. The molecule has 2 aromatic rings. The molecule has 0 aliphatic rings. The zero-order chi connectivity index (χ0) is 12.3. The molecule has 0 spiro atoms. The molecule has 0 fully saturated rings. The predicted octanol–water partition coefficient (Wildman–Crippen LogP) is 1.94. The van der Waals surface area contributed by atoms with Gasteiger partial charge in [0.15, 0.2) is 11.5 Å². The third-order valence-corrected chi connectivity index (χ3v) is 2.33. The van der Waals surface area contributed by atoms with Gasteiger partial charge in [-0.05, 0) is 12.1 Å². The summed E-state index contributed by atoms with van der Waals surface area (Å²) in [6.07, 6.45) is 2.75. The SMILES string of the molecule is CN(c1ccccc1)c1cncc(C(=O)O)n1. The third-order valence-electron chi connectivity index (χ3n) is 2.33. The molecular weight excluding hydrogens is 218 g/mol. The Kier molecular flexibility index (Phi) is 3.00.